The average Bonchev–Trinajstić information content (AvgIpc) is 3.24. The standard InChI is InChI=1S/C15H21N3O2/c19-7-9-20-8-6-18-11-12(10-17-13-3-4-13)14-2-1-5-16-15(14)18/h1-2,5,11,13,17,19H,3-4,6-10H2. The molecule has 0 spiro atoms. The molecule has 0 radical (unpaired) electrons. The Kier molecular flexibility index (Phi) is 4.30. The molecule has 108 valence electrons. The van der Waals surface area contributed by atoms with Gasteiger partial charge in [-0.25, -0.2) is 4.98 Å². The van der Waals surface area contributed by atoms with Crippen LogP contribution in [0.25, 0.3) is 11.0 Å². The Bertz CT molecular complexity index is 563. The van der Waals surface area contributed by atoms with E-state index in [2.05, 4.69) is 27.1 Å². The summed E-state index contributed by atoms with van der Waals surface area (Å²) in [5, 5.41) is 13.5. The minimum absolute atomic E-state index is 0.0707. The van der Waals surface area contributed by atoms with Crippen LogP contribution in [0.4, 0.5) is 0 Å². The summed E-state index contributed by atoms with van der Waals surface area (Å²) in [6, 6.07) is 4.81. The highest BCUT2D eigenvalue weighted by Crippen LogP contribution is 2.23. The average molecular weight is 275 g/mol. The van der Waals surface area contributed by atoms with E-state index in [9.17, 15) is 0 Å². The highest BCUT2D eigenvalue weighted by molar-refractivity contribution is 5.80. The molecule has 0 saturated heterocycles. The lowest BCUT2D eigenvalue weighted by Gasteiger charge is -2.04. The molecule has 20 heavy (non-hydrogen) atoms. The first-order valence-electron chi connectivity index (χ1n) is 7.23. The van der Waals surface area contributed by atoms with Gasteiger partial charge in [0.2, 0.25) is 0 Å². The van der Waals surface area contributed by atoms with E-state index in [1.807, 2.05) is 12.3 Å². The maximum absolute atomic E-state index is 8.71. The lowest BCUT2D eigenvalue weighted by Crippen LogP contribution is -2.15. The van der Waals surface area contributed by atoms with Gasteiger partial charge in [-0.2, -0.15) is 0 Å². The molecule has 0 aliphatic heterocycles. The third-order valence-electron chi connectivity index (χ3n) is 3.59. The molecule has 0 unspecified atom stereocenters. The molecular formula is C15H21N3O2. The number of nitrogens with zero attached hydrogens (tertiary/aromatic N) is 2. The third kappa shape index (κ3) is 3.17. The Balaban J connectivity index is 1.72. The molecule has 2 heterocycles. The first-order chi connectivity index (χ1) is 9.88. The Morgan fingerprint density at radius 2 is 2.30 bits per heavy atom. The smallest absolute Gasteiger partial charge is 0.140 e. The predicted molar refractivity (Wildman–Crippen MR) is 77.5 cm³/mol. The largest absolute Gasteiger partial charge is 0.394 e. The number of aromatic nitrogens is 2. The summed E-state index contributed by atoms with van der Waals surface area (Å²) in [4.78, 5) is 4.47. The zero-order chi connectivity index (χ0) is 13.8. The molecule has 3 rings (SSSR count). The molecule has 2 N–H and O–H groups in total. The van der Waals surface area contributed by atoms with Crippen molar-refractivity contribution in [2.24, 2.45) is 0 Å². The summed E-state index contributed by atoms with van der Waals surface area (Å²) in [6.07, 6.45) is 6.58. The summed E-state index contributed by atoms with van der Waals surface area (Å²) < 4.78 is 7.47. The van der Waals surface area contributed by atoms with Crippen LogP contribution in [0.3, 0.4) is 0 Å². The van der Waals surface area contributed by atoms with E-state index < -0.39 is 0 Å². The Labute approximate surface area is 118 Å². The van der Waals surface area contributed by atoms with E-state index in [-0.39, 0.29) is 6.61 Å². The van der Waals surface area contributed by atoms with Gasteiger partial charge in [-0.1, -0.05) is 0 Å². The van der Waals surface area contributed by atoms with E-state index in [1.165, 1.54) is 23.8 Å². The van der Waals surface area contributed by atoms with Crippen LogP contribution in [-0.2, 0) is 17.8 Å². The van der Waals surface area contributed by atoms with Crippen LogP contribution in [0.2, 0.25) is 0 Å². The van der Waals surface area contributed by atoms with E-state index in [1.54, 1.807) is 0 Å². The van der Waals surface area contributed by atoms with Crippen molar-refractivity contribution in [2.45, 2.75) is 32.0 Å². The lowest BCUT2D eigenvalue weighted by molar-refractivity contribution is 0.0874. The fourth-order valence-corrected chi connectivity index (χ4v) is 2.38. The fourth-order valence-electron chi connectivity index (χ4n) is 2.38. The van der Waals surface area contributed by atoms with Gasteiger partial charge in [-0.05, 0) is 30.5 Å². The second kappa shape index (κ2) is 6.35. The molecule has 5 heteroatoms. The summed E-state index contributed by atoms with van der Waals surface area (Å²) in [5.41, 5.74) is 2.30. The maximum atomic E-state index is 8.71. The number of pyridine rings is 1. The summed E-state index contributed by atoms with van der Waals surface area (Å²) in [6.45, 7) is 2.72. The molecule has 2 aromatic heterocycles. The number of hydrogen-bond acceptors (Lipinski definition) is 4. The van der Waals surface area contributed by atoms with Crippen LogP contribution >= 0.6 is 0 Å². The van der Waals surface area contributed by atoms with Crippen molar-refractivity contribution in [3.8, 4) is 0 Å². The second-order valence-corrected chi connectivity index (χ2v) is 5.21. The van der Waals surface area contributed by atoms with Crippen LogP contribution in [0.5, 0.6) is 0 Å². The minimum Gasteiger partial charge on any atom is -0.394 e. The number of nitrogens with one attached hydrogen (secondary N) is 1. The Morgan fingerprint density at radius 1 is 1.40 bits per heavy atom. The number of ether oxygens (including phenoxy) is 1. The molecular weight excluding hydrogens is 254 g/mol. The summed E-state index contributed by atoms with van der Waals surface area (Å²) >= 11 is 0. The van der Waals surface area contributed by atoms with Crippen molar-refractivity contribution in [1.82, 2.24) is 14.9 Å². The monoisotopic (exact) mass is 275 g/mol. The van der Waals surface area contributed by atoms with Gasteiger partial charge in [0.05, 0.1) is 19.8 Å². The fraction of sp³-hybridized carbons (Fsp3) is 0.533. The Morgan fingerprint density at radius 3 is 3.10 bits per heavy atom. The van der Waals surface area contributed by atoms with E-state index in [0.29, 0.717) is 19.3 Å². The van der Waals surface area contributed by atoms with Crippen LogP contribution in [0, 0.1) is 0 Å². The van der Waals surface area contributed by atoms with Gasteiger partial charge in [0.15, 0.2) is 0 Å². The van der Waals surface area contributed by atoms with E-state index >= 15 is 0 Å². The number of aliphatic hydroxyl groups is 1. The predicted octanol–water partition coefficient (Wildman–Crippen LogP) is 1.30. The third-order valence-corrected chi connectivity index (χ3v) is 3.59. The van der Waals surface area contributed by atoms with Gasteiger partial charge in [-0.3, -0.25) is 0 Å². The zero-order valence-corrected chi connectivity index (χ0v) is 11.6. The van der Waals surface area contributed by atoms with Crippen LogP contribution in [0.15, 0.2) is 24.5 Å². The molecule has 0 atom stereocenters. The molecule has 1 saturated carbocycles. The van der Waals surface area contributed by atoms with Gasteiger partial charge in [0.25, 0.3) is 0 Å². The molecule has 1 aliphatic rings. The molecule has 0 amide bonds. The first-order valence-corrected chi connectivity index (χ1v) is 7.23. The van der Waals surface area contributed by atoms with Gasteiger partial charge in [0.1, 0.15) is 5.65 Å². The highest BCUT2D eigenvalue weighted by atomic mass is 16.5. The van der Waals surface area contributed by atoms with Crippen molar-refractivity contribution in [2.75, 3.05) is 19.8 Å². The topological polar surface area (TPSA) is 59.3 Å². The van der Waals surface area contributed by atoms with E-state index in [0.717, 1.165) is 18.7 Å². The summed E-state index contributed by atoms with van der Waals surface area (Å²) in [7, 11) is 0. The van der Waals surface area contributed by atoms with Gasteiger partial charge < -0.3 is 19.7 Å². The lowest BCUT2D eigenvalue weighted by atomic mass is 10.2. The molecule has 1 aliphatic carbocycles. The molecule has 5 nitrogen and oxygen atoms in total. The van der Waals surface area contributed by atoms with Crippen molar-refractivity contribution in [3.63, 3.8) is 0 Å². The number of fused-ring (bicyclic) bond motifs is 1. The normalized spacial score (nSPS) is 15.1. The zero-order valence-electron chi connectivity index (χ0n) is 11.6. The van der Waals surface area contributed by atoms with Gasteiger partial charge in [-0.15, -0.1) is 0 Å². The summed E-state index contributed by atoms with van der Waals surface area (Å²) in [5.74, 6) is 0. The minimum atomic E-state index is 0.0707. The second-order valence-electron chi connectivity index (χ2n) is 5.21. The quantitative estimate of drug-likeness (QED) is 0.713. The molecule has 0 bridgehead atoms. The van der Waals surface area contributed by atoms with Crippen LogP contribution in [-0.4, -0.2) is 40.5 Å². The Hall–Kier alpha value is -1.43. The van der Waals surface area contributed by atoms with Crippen molar-refractivity contribution in [1.29, 1.82) is 0 Å². The SMILES string of the molecule is OCCOCCn1cc(CNC2CC2)c2cccnc21. The first kappa shape index (κ1) is 13.5. The van der Waals surface area contributed by atoms with Crippen molar-refractivity contribution >= 4 is 11.0 Å². The molecule has 1 fully saturated rings. The number of hydrogen-bond donors (Lipinski definition) is 2. The molecule has 0 aromatic carbocycles. The van der Waals surface area contributed by atoms with Crippen LogP contribution in [0.1, 0.15) is 18.4 Å². The number of aliphatic hydroxyl groups excluding tert-OH is 1. The number of rotatable bonds is 8. The van der Waals surface area contributed by atoms with Crippen LogP contribution < -0.4 is 5.32 Å². The maximum Gasteiger partial charge on any atom is 0.140 e. The van der Waals surface area contributed by atoms with Gasteiger partial charge >= 0.3 is 0 Å². The highest BCUT2D eigenvalue weighted by Gasteiger charge is 2.20. The van der Waals surface area contributed by atoms with Crippen molar-refractivity contribution in [3.05, 3.63) is 30.1 Å². The van der Waals surface area contributed by atoms with Crippen molar-refractivity contribution < 1.29 is 9.84 Å². The molecule has 2 aromatic rings. The van der Waals surface area contributed by atoms with Gasteiger partial charge in [0, 0.05) is 36.9 Å². The van der Waals surface area contributed by atoms with E-state index in [4.69, 9.17) is 9.84 Å².